The maximum Gasteiger partial charge on any atom is 0.132 e. The second kappa shape index (κ2) is 6.93. The first-order valence-electron chi connectivity index (χ1n) is 6.98. The molecule has 1 aliphatic rings. The lowest BCUT2D eigenvalue weighted by molar-refractivity contribution is 0.416. The first kappa shape index (κ1) is 13.6. The van der Waals surface area contributed by atoms with Crippen LogP contribution in [0, 0.1) is 0 Å². The average Bonchev–Trinajstić information content (AvgIpc) is 2.46. The zero-order valence-electron chi connectivity index (χ0n) is 11.1. The zero-order chi connectivity index (χ0) is 12.8. The maximum absolute atomic E-state index is 5.95. The van der Waals surface area contributed by atoms with Gasteiger partial charge in [0, 0.05) is 30.2 Å². The molecule has 1 fully saturated rings. The van der Waals surface area contributed by atoms with Gasteiger partial charge in [-0.2, -0.15) is 0 Å². The molecule has 100 valence electrons. The molecule has 1 aromatic heterocycles. The molecule has 1 heterocycles. The summed E-state index contributed by atoms with van der Waals surface area (Å²) in [6.07, 6.45) is 9.19. The number of rotatable bonds is 5. The molecule has 1 saturated carbocycles. The number of alkyl halides is 1. The van der Waals surface area contributed by atoms with Crippen molar-refractivity contribution in [3.63, 3.8) is 0 Å². The van der Waals surface area contributed by atoms with Crippen LogP contribution >= 0.6 is 11.6 Å². The predicted molar refractivity (Wildman–Crippen MR) is 76.3 cm³/mol. The molecule has 0 saturated heterocycles. The van der Waals surface area contributed by atoms with Crippen molar-refractivity contribution < 1.29 is 0 Å². The van der Waals surface area contributed by atoms with E-state index in [0.717, 1.165) is 24.5 Å². The van der Waals surface area contributed by atoms with Crippen molar-refractivity contribution >= 4 is 17.4 Å². The summed E-state index contributed by atoms with van der Waals surface area (Å²) in [5.41, 5.74) is 1.11. The fraction of sp³-hybridized carbons (Fsp3) is 0.714. The third kappa shape index (κ3) is 3.35. The van der Waals surface area contributed by atoms with Gasteiger partial charge >= 0.3 is 0 Å². The minimum absolute atomic E-state index is 0.608. The van der Waals surface area contributed by atoms with Gasteiger partial charge in [0.05, 0.1) is 0 Å². The Kier molecular flexibility index (Phi) is 5.24. The summed E-state index contributed by atoms with van der Waals surface area (Å²) in [6.45, 7) is 3.00. The Morgan fingerprint density at radius 3 is 2.72 bits per heavy atom. The highest BCUT2D eigenvalue weighted by Crippen LogP contribution is 2.26. The summed E-state index contributed by atoms with van der Waals surface area (Å²) in [7, 11) is 0. The Morgan fingerprint density at radius 2 is 2.06 bits per heavy atom. The first-order valence-corrected chi connectivity index (χ1v) is 7.52. The molecule has 3 nitrogen and oxygen atoms in total. The van der Waals surface area contributed by atoms with Crippen LogP contribution in [-0.2, 0) is 6.42 Å². The minimum atomic E-state index is 0.608. The van der Waals surface area contributed by atoms with Gasteiger partial charge in [-0.15, -0.1) is 11.6 Å². The van der Waals surface area contributed by atoms with Crippen molar-refractivity contribution in [2.24, 2.45) is 0 Å². The van der Waals surface area contributed by atoms with Crippen LogP contribution in [0.3, 0.4) is 0 Å². The van der Waals surface area contributed by atoms with Gasteiger partial charge in [0.15, 0.2) is 0 Å². The minimum Gasteiger partial charge on any atom is -0.352 e. The highest BCUT2D eigenvalue weighted by Gasteiger charge is 2.22. The van der Waals surface area contributed by atoms with E-state index in [9.17, 15) is 0 Å². The van der Waals surface area contributed by atoms with Gasteiger partial charge in [-0.3, -0.25) is 0 Å². The molecule has 1 aliphatic carbocycles. The summed E-state index contributed by atoms with van der Waals surface area (Å²) in [6, 6.07) is 2.72. The molecule has 0 N–H and O–H groups in total. The largest absolute Gasteiger partial charge is 0.352 e. The molecule has 2 rings (SSSR count). The summed E-state index contributed by atoms with van der Waals surface area (Å²) in [5.74, 6) is 1.71. The second-order valence-corrected chi connectivity index (χ2v) is 5.27. The van der Waals surface area contributed by atoms with Gasteiger partial charge in [-0.1, -0.05) is 26.2 Å². The van der Waals surface area contributed by atoms with Gasteiger partial charge in [0.2, 0.25) is 0 Å². The molecule has 0 radical (unpaired) electrons. The monoisotopic (exact) mass is 267 g/mol. The molecule has 18 heavy (non-hydrogen) atoms. The normalized spacial score (nSPS) is 16.8. The van der Waals surface area contributed by atoms with Gasteiger partial charge in [-0.05, 0) is 19.3 Å². The maximum atomic E-state index is 5.95. The molecule has 0 atom stereocenters. The number of nitrogens with zero attached hydrogens (tertiary/aromatic N) is 3. The van der Waals surface area contributed by atoms with Crippen LogP contribution in [0.2, 0.25) is 0 Å². The third-order valence-corrected chi connectivity index (χ3v) is 3.88. The van der Waals surface area contributed by atoms with Crippen molar-refractivity contribution in [1.29, 1.82) is 0 Å². The molecular weight excluding hydrogens is 246 g/mol. The van der Waals surface area contributed by atoms with Crippen molar-refractivity contribution in [2.75, 3.05) is 17.3 Å². The Labute approximate surface area is 115 Å². The van der Waals surface area contributed by atoms with Crippen LogP contribution in [0.1, 0.15) is 44.7 Å². The van der Waals surface area contributed by atoms with Gasteiger partial charge in [-0.25, -0.2) is 9.97 Å². The van der Waals surface area contributed by atoms with Gasteiger partial charge < -0.3 is 4.90 Å². The van der Waals surface area contributed by atoms with E-state index in [-0.39, 0.29) is 0 Å². The molecule has 0 unspecified atom stereocenters. The lowest BCUT2D eigenvalue weighted by atomic mass is 9.94. The highest BCUT2D eigenvalue weighted by molar-refractivity contribution is 6.18. The molecule has 0 amide bonds. The van der Waals surface area contributed by atoms with Crippen LogP contribution in [0.15, 0.2) is 12.4 Å². The summed E-state index contributed by atoms with van der Waals surface area (Å²) >= 11 is 5.95. The Balaban J connectivity index is 2.16. The van der Waals surface area contributed by atoms with Crippen LogP contribution in [-0.4, -0.2) is 28.4 Å². The third-order valence-electron chi connectivity index (χ3n) is 3.71. The molecule has 0 aromatic carbocycles. The van der Waals surface area contributed by atoms with Crippen molar-refractivity contribution in [3.05, 3.63) is 18.1 Å². The van der Waals surface area contributed by atoms with Crippen molar-refractivity contribution in [3.8, 4) is 0 Å². The van der Waals surface area contributed by atoms with Crippen LogP contribution in [0.25, 0.3) is 0 Å². The summed E-state index contributed by atoms with van der Waals surface area (Å²) < 4.78 is 0. The van der Waals surface area contributed by atoms with E-state index >= 15 is 0 Å². The predicted octanol–water partition coefficient (Wildman–Crippen LogP) is 3.42. The van der Waals surface area contributed by atoms with E-state index in [0.29, 0.717) is 11.9 Å². The lowest BCUT2D eigenvalue weighted by Crippen LogP contribution is -2.38. The lowest BCUT2D eigenvalue weighted by Gasteiger charge is -2.35. The van der Waals surface area contributed by atoms with Crippen molar-refractivity contribution in [1.82, 2.24) is 9.97 Å². The van der Waals surface area contributed by atoms with Gasteiger partial charge in [0.25, 0.3) is 0 Å². The van der Waals surface area contributed by atoms with Crippen molar-refractivity contribution in [2.45, 2.75) is 51.5 Å². The van der Waals surface area contributed by atoms with Crippen LogP contribution in [0.5, 0.6) is 0 Å². The van der Waals surface area contributed by atoms with E-state index in [2.05, 4.69) is 27.9 Å². The second-order valence-electron chi connectivity index (χ2n) is 4.90. The fourth-order valence-corrected chi connectivity index (χ4v) is 2.89. The number of hydrogen-bond donors (Lipinski definition) is 0. The van der Waals surface area contributed by atoms with E-state index in [1.54, 1.807) is 6.33 Å². The molecule has 0 spiro atoms. The quantitative estimate of drug-likeness (QED) is 0.766. The SMILES string of the molecule is CCc1cc(N(CCCl)C2CCCCC2)ncn1. The molecule has 1 aromatic rings. The summed E-state index contributed by atoms with van der Waals surface area (Å²) in [5, 5.41) is 0. The molecule has 0 bridgehead atoms. The zero-order valence-corrected chi connectivity index (χ0v) is 11.9. The average molecular weight is 268 g/mol. The van der Waals surface area contributed by atoms with E-state index in [1.165, 1.54) is 32.1 Å². The smallest absolute Gasteiger partial charge is 0.132 e. The molecular formula is C14H22ClN3. The van der Waals surface area contributed by atoms with Gasteiger partial charge in [0.1, 0.15) is 12.1 Å². The number of halogens is 1. The number of anilines is 1. The topological polar surface area (TPSA) is 29.0 Å². The van der Waals surface area contributed by atoms with E-state index in [1.807, 2.05) is 0 Å². The Hall–Kier alpha value is -0.830. The number of aromatic nitrogens is 2. The Bertz CT molecular complexity index is 364. The summed E-state index contributed by atoms with van der Waals surface area (Å²) in [4.78, 5) is 11.1. The van der Waals surface area contributed by atoms with E-state index < -0.39 is 0 Å². The first-order chi connectivity index (χ1) is 8.85. The number of aryl methyl sites for hydroxylation is 1. The van der Waals surface area contributed by atoms with Crippen LogP contribution in [0.4, 0.5) is 5.82 Å². The fourth-order valence-electron chi connectivity index (χ4n) is 2.70. The number of hydrogen-bond acceptors (Lipinski definition) is 3. The molecule has 4 heteroatoms. The van der Waals surface area contributed by atoms with Crippen LogP contribution < -0.4 is 4.90 Å². The van der Waals surface area contributed by atoms with E-state index in [4.69, 9.17) is 11.6 Å². The highest BCUT2D eigenvalue weighted by atomic mass is 35.5. The standard InChI is InChI=1S/C14H22ClN3/c1-2-12-10-14(17-11-16-12)18(9-8-15)13-6-4-3-5-7-13/h10-11,13H,2-9H2,1H3. The Morgan fingerprint density at radius 1 is 1.28 bits per heavy atom. The molecule has 0 aliphatic heterocycles.